The average Bonchev–Trinajstić information content (AvgIpc) is 2.64. The van der Waals surface area contributed by atoms with Crippen molar-refractivity contribution in [3.63, 3.8) is 0 Å². The number of rotatable bonds is 4. The molecule has 1 aliphatic heterocycles. The van der Waals surface area contributed by atoms with Crippen LogP contribution in [0, 0.1) is 6.92 Å². The van der Waals surface area contributed by atoms with Gasteiger partial charge in [0.25, 0.3) is 0 Å². The Morgan fingerprint density at radius 2 is 1.95 bits per heavy atom. The van der Waals surface area contributed by atoms with Crippen molar-refractivity contribution in [2.24, 2.45) is 0 Å². The summed E-state index contributed by atoms with van der Waals surface area (Å²) in [6, 6.07) is 4.28. The molecule has 1 N–H and O–H groups in total. The summed E-state index contributed by atoms with van der Waals surface area (Å²) in [5, 5.41) is 4.78. The predicted octanol–water partition coefficient (Wildman–Crippen LogP) is 3.87. The Labute approximate surface area is 123 Å². The highest BCUT2D eigenvalue weighted by Crippen LogP contribution is 2.40. The van der Waals surface area contributed by atoms with Gasteiger partial charge in [0.05, 0.1) is 13.2 Å². The number of benzene rings is 1. The average molecular weight is 291 g/mol. The van der Waals surface area contributed by atoms with Gasteiger partial charge in [-0.2, -0.15) is 0 Å². The van der Waals surface area contributed by atoms with Crippen LogP contribution in [-0.2, 0) is 6.54 Å². The van der Waals surface area contributed by atoms with Gasteiger partial charge in [-0.25, -0.2) is 0 Å². The lowest BCUT2D eigenvalue weighted by Gasteiger charge is -2.07. The largest absolute Gasteiger partial charge is 0.490 e. The molecule has 1 aromatic heterocycles. The summed E-state index contributed by atoms with van der Waals surface area (Å²) < 4.78 is 12.8. The summed E-state index contributed by atoms with van der Waals surface area (Å²) in [5.74, 6) is 1.79. The minimum Gasteiger partial charge on any atom is -0.490 e. The molecule has 3 nitrogen and oxygen atoms in total. The Morgan fingerprint density at radius 1 is 1.20 bits per heavy atom. The van der Waals surface area contributed by atoms with Gasteiger partial charge in [0.1, 0.15) is 0 Å². The van der Waals surface area contributed by atoms with Gasteiger partial charge in [0, 0.05) is 28.6 Å². The fourth-order valence-electron chi connectivity index (χ4n) is 2.47. The molecule has 0 saturated carbocycles. The molecule has 0 atom stereocenters. The Bertz CT molecular complexity index is 606. The van der Waals surface area contributed by atoms with Crippen LogP contribution >= 0.6 is 11.3 Å². The molecule has 2 heterocycles. The van der Waals surface area contributed by atoms with E-state index in [0.29, 0.717) is 0 Å². The SMILES string of the molecule is CCCNCc1sc2cc3c(cc2c1C)OCCCO3. The summed E-state index contributed by atoms with van der Waals surface area (Å²) in [4.78, 5) is 1.41. The van der Waals surface area contributed by atoms with E-state index < -0.39 is 0 Å². The lowest BCUT2D eigenvalue weighted by atomic mass is 10.1. The molecule has 0 bridgehead atoms. The van der Waals surface area contributed by atoms with Crippen LogP contribution in [0.15, 0.2) is 12.1 Å². The van der Waals surface area contributed by atoms with Gasteiger partial charge >= 0.3 is 0 Å². The first-order chi connectivity index (χ1) is 9.79. The standard InChI is InChI=1S/C16H21NO2S/c1-3-5-17-10-16-11(2)12-8-13-14(9-15(12)20-16)19-7-4-6-18-13/h8-9,17H,3-7,10H2,1-2H3. The van der Waals surface area contributed by atoms with Gasteiger partial charge < -0.3 is 14.8 Å². The second-order valence-corrected chi connectivity index (χ2v) is 6.31. The molecule has 4 heteroatoms. The second kappa shape index (κ2) is 6.02. The molecule has 0 amide bonds. The predicted molar refractivity (Wildman–Crippen MR) is 84.2 cm³/mol. The summed E-state index contributed by atoms with van der Waals surface area (Å²) in [6.45, 7) is 7.89. The van der Waals surface area contributed by atoms with Gasteiger partial charge in [-0.05, 0) is 36.9 Å². The molecule has 0 saturated heterocycles. The third kappa shape index (κ3) is 2.63. The minimum absolute atomic E-state index is 0.743. The quantitative estimate of drug-likeness (QED) is 0.867. The van der Waals surface area contributed by atoms with Crippen molar-refractivity contribution >= 4 is 21.4 Å². The topological polar surface area (TPSA) is 30.5 Å². The zero-order valence-corrected chi connectivity index (χ0v) is 12.9. The molecule has 0 radical (unpaired) electrons. The summed E-state index contributed by atoms with van der Waals surface area (Å²) in [6.07, 6.45) is 2.12. The highest BCUT2D eigenvalue weighted by molar-refractivity contribution is 7.19. The van der Waals surface area contributed by atoms with Gasteiger partial charge in [0.2, 0.25) is 0 Å². The van der Waals surface area contributed by atoms with Crippen molar-refractivity contribution in [2.45, 2.75) is 33.2 Å². The van der Waals surface area contributed by atoms with Crippen LogP contribution < -0.4 is 14.8 Å². The second-order valence-electron chi connectivity index (χ2n) is 5.17. The molecule has 0 aliphatic carbocycles. The molecular weight excluding hydrogens is 270 g/mol. The van der Waals surface area contributed by atoms with Gasteiger partial charge in [0.15, 0.2) is 11.5 Å². The first-order valence-electron chi connectivity index (χ1n) is 7.32. The van der Waals surface area contributed by atoms with E-state index in [9.17, 15) is 0 Å². The summed E-state index contributed by atoms with van der Waals surface area (Å²) in [7, 11) is 0. The molecule has 2 aromatic rings. The molecule has 0 unspecified atom stereocenters. The minimum atomic E-state index is 0.743. The Hall–Kier alpha value is -1.26. The first-order valence-corrected chi connectivity index (χ1v) is 8.13. The van der Waals surface area contributed by atoms with Crippen LogP contribution in [0.5, 0.6) is 11.5 Å². The number of hydrogen-bond donors (Lipinski definition) is 1. The van der Waals surface area contributed by atoms with E-state index in [1.54, 1.807) is 0 Å². The van der Waals surface area contributed by atoms with Crippen molar-refractivity contribution in [3.8, 4) is 11.5 Å². The van der Waals surface area contributed by atoms with Crippen LogP contribution in [0.25, 0.3) is 10.1 Å². The van der Waals surface area contributed by atoms with E-state index in [2.05, 4.69) is 31.3 Å². The number of nitrogens with one attached hydrogen (secondary N) is 1. The van der Waals surface area contributed by atoms with Crippen molar-refractivity contribution < 1.29 is 9.47 Å². The van der Waals surface area contributed by atoms with Crippen LogP contribution in [-0.4, -0.2) is 19.8 Å². The van der Waals surface area contributed by atoms with Crippen molar-refractivity contribution in [3.05, 3.63) is 22.6 Å². The van der Waals surface area contributed by atoms with Crippen LogP contribution in [0.3, 0.4) is 0 Å². The van der Waals surface area contributed by atoms with Crippen molar-refractivity contribution in [1.82, 2.24) is 5.32 Å². The summed E-state index contributed by atoms with van der Waals surface area (Å²) >= 11 is 1.86. The molecule has 1 aliphatic rings. The third-order valence-corrected chi connectivity index (χ3v) is 4.87. The maximum atomic E-state index is 5.78. The van der Waals surface area contributed by atoms with Crippen LogP contribution in [0.2, 0.25) is 0 Å². The Kier molecular flexibility index (Phi) is 4.13. The monoisotopic (exact) mass is 291 g/mol. The number of fused-ring (bicyclic) bond motifs is 2. The number of aryl methyl sites for hydroxylation is 1. The van der Waals surface area contributed by atoms with Gasteiger partial charge in [-0.15, -0.1) is 11.3 Å². The highest BCUT2D eigenvalue weighted by atomic mass is 32.1. The molecule has 1 aromatic carbocycles. The Balaban J connectivity index is 1.95. The van der Waals surface area contributed by atoms with Crippen molar-refractivity contribution in [1.29, 1.82) is 0 Å². The van der Waals surface area contributed by atoms with E-state index in [1.807, 2.05) is 11.3 Å². The van der Waals surface area contributed by atoms with Gasteiger partial charge in [-0.3, -0.25) is 0 Å². The van der Waals surface area contributed by atoms with Crippen molar-refractivity contribution in [2.75, 3.05) is 19.8 Å². The molecule has 0 spiro atoms. The third-order valence-electron chi connectivity index (χ3n) is 3.62. The lowest BCUT2D eigenvalue weighted by Crippen LogP contribution is -2.13. The maximum absolute atomic E-state index is 5.78. The number of hydrogen-bond acceptors (Lipinski definition) is 4. The smallest absolute Gasteiger partial charge is 0.162 e. The molecule has 108 valence electrons. The fourth-order valence-corrected chi connectivity index (χ4v) is 3.67. The van der Waals surface area contributed by atoms with E-state index in [4.69, 9.17) is 9.47 Å². The first kappa shape index (κ1) is 13.7. The Morgan fingerprint density at radius 3 is 2.70 bits per heavy atom. The van der Waals surface area contributed by atoms with Crippen LogP contribution in [0.1, 0.15) is 30.2 Å². The molecule has 3 rings (SSSR count). The highest BCUT2D eigenvalue weighted by Gasteiger charge is 2.15. The fraction of sp³-hybridized carbons (Fsp3) is 0.500. The van der Waals surface area contributed by atoms with E-state index in [0.717, 1.165) is 44.2 Å². The van der Waals surface area contributed by atoms with Crippen LogP contribution in [0.4, 0.5) is 0 Å². The number of ether oxygens (including phenoxy) is 2. The summed E-state index contributed by atoms with van der Waals surface area (Å²) in [5.41, 5.74) is 1.37. The van der Waals surface area contributed by atoms with E-state index in [1.165, 1.54) is 26.9 Å². The van der Waals surface area contributed by atoms with E-state index in [-0.39, 0.29) is 0 Å². The zero-order chi connectivity index (χ0) is 13.9. The lowest BCUT2D eigenvalue weighted by molar-refractivity contribution is 0.297. The normalized spacial score (nSPS) is 14.5. The molecule has 20 heavy (non-hydrogen) atoms. The zero-order valence-electron chi connectivity index (χ0n) is 12.1. The number of thiophene rings is 1. The molecule has 0 fully saturated rings. The van der Waals surface area contributed by atoms with Gasteiger partial charge in [-0.1, -0.05) is 6.92 Å². The maximum Gasteiger partial charge on any atom is 0.162 e. The molecular formula is C16H21NO2S. The van der Waals surface area contributed by atoms with E-state index >= 15 is 0 Å².